The number of anilines is 3. The molecule has 0 bridgehead atoms. The molecule has 0 radical (unpaired) electrons. The average molecular weight is 625 g/mol. The summed E-state index contributed by atoms with van der Waals surface area (Å²) in [6.45, 7) is 7.18. The number of hydrogen-bond donors (Lipinski definition) is 4. The Morgan fingerprint density at radius 3 is 2.39 bits per heavy atom. The van der Waals surface area contributed by atoms with E-state index in [0.29, 0.717) is 16.9 Å². The summed E-state index contributed by atoms with van der Waals surface area (Å²) >= 11 is 0. The number of aryl methyl sites for hydroxylation is 1. The molecule has 3 aromatic heterocycles. The number of nitrogens with zero attached hydrogens (tertiary/aromatic N) is 4. The maximum atomic E-state index is 13.6. The van der Waals surface area contributed by atoms with Crippen LogP contribution in [-0.2, 0) is 12.6 Å². The summed E-state index contributed by atoms with van der Waals surface area (Å²) in [5.74, 6) is -0.835. The van der Waals surface area contributed by atoms with Crippen LogP contribution in [-0.4, -0.2) is 70.8 Å². The lowest BCUT2D eigenvalue weighted by molar-refractivity contribution is 0.101. The summed E-state index contributed by atoms with van der Waals surface area (Å²) < 4.78 is 12.9. The second-order valence-corrected chi connectivity index (χ2v) is 11.8. The molecule has 0 spiro atoms. The van der Waals surface area contributed by atoms with E-state index in [4.69, 9.17) is 9.15 Å². The Hall–Kier alpha value is -5.56. The van der Waals surface area contributed by atoms with E-state index in [9.17, 15) is 14.4 Å². The first kappa shape index (κ1) is 30.5. The minimum atomic E-state index is -0.706. The van der Waals surface area contributed by atoms with Crippen LogP contribution in [0, 0.1) is 0 Å². The highest BCUT2D eigenvalue weighted by molar-refractivity contribution is 6.13. The van der Waals surface area contributed by atoms with Crippen LogP contribution >= 0.6 is 0 Å². The summed E-state index contributed by atoms with van der Waals surface area (Å²) in [5.41, 5.74) is 2.77. The second kappa shape index (κ2) is 12.4. The van der Waals surface area contributed by atoms with E-state index in [0.717, 1.165) is 37.4 Å². The SMILES string of the molecule is CN1CCN(c2ccc(C(=O)Nc3n[nH]c4cc(OC(=O)NC(C)(C)c5ccccc5)oc34)c(NC(=O)c3cccn3C)c2)CC1. The van der Waals surface area contributed by atoms with Crippen LogP contribution < -0.4 is 25.6 Å². The van der Waals surface area contributed by atoms with E-state index in [1.54, 1.807) is 36.0 Å². The van der Waals surface area contributed by atoms with Crippen molar-refractivity contribution < 1.29 is 23.5 Å². The topological polar surface area (TPSA) is 150 Å². The van der Waals surface area contributed by atoms with Gasteiger partial charge in [0.2, 0.25) is 5.58 Å². The number of piperazine rings is 1. The standard InChI is InChI=1S/C33H36N8O5/c1-33(2,21-9-6-5-7-10-21)36-32(44)46-27-20-25-28(45-27)29(38-37-25)35-30(42)23-13-12-22(41-17-15-39(3)16-18-41)19-24(23)34-31(43)26-11-8-14-40(26)4/h5-14,19-20H,15-18H2,1-4H3,(H,34,43)(H,36,44)(H2,35,37,38,42). The monoisotopic (exact) mass is 624 g/mol. The van der Waals surface area contributed by atoms with Gasteiger partial charge in [-0.05, 0) is 56.8 Å². The number of ether oxygens (including phenoxy) is 1. The molecular weight excluding hydrogens is 588 g/mol. The Labute approximate surface area is 265 Å². The number of likely N-dealkylation sites (N-methyl/N-ethyl adjacent to an activating group) is 1. The Morgan fingerprint density at radius 1 is 0.913 bits per heavy atom. The zero-order chi connectivity index (χ0) is 32.4. The molecule has 1 aliphatic rings. The summed E-state index contributed by atoms with van der Waals surface area (Å²) in [7, 11) is 3.86. The number of H-pyrrole nitrogens is 1. The van der Waals surface area contributed by atoms with E-state index >= 15 is 0 Å². The van der Waals surface area contributed by atoms with E-state index in [1.807, 2.05) is 56.3 Å². The molecule has 0 saturated carbocycles. The van der Waals surface area contributed by atoms with Crippen molar-refractivity contribution in [1.82, 2.24) is 25.0 Å². The zero-order valence-electron chi connectivity index (χ0n) is 26.1. The van der Waals surface area contributed by atoms with Gasteiger partial charge < -0.3 is 39.5 Å². The maximum absolute atomic E-state index is 13.6. The molecule has 13 heteroatoms. The molecule has 13 nitrogen and oxygen atoms in total. The number of aromatic nitrogens is 3. The van der Waals surface area contributed by atoms with Crippen molar-refractivity contribution in [3.05, 3.63) is 89.7 Å². The summed E-state index contributed by atoms with van der Waals surface area (Å²) in [6, 6.07) is 19.8. The van der Waals surface area contributed by atoms with Crippen molar-refractivity contribution in [2.75, 3.05) is 48.8 Å². The smallest absolute Gasteiger partial charge is 0.415 e. The van der Waals surface area contributed by atoms with Crippen LogP contribution in [0.1, 0.15) is 40.3 Å². The van der Waals surface area contributed by atoms with Gasteiger partial charge in [-0.1, -0.05) is 30.3 Å². The highest BCUT2D eigenvalue weighted by Gasteiger charge is 2.26. The molecule has 2 aromatic carbocycles. The molecule has 6 rings (SSSR count). The summed E-state index contributed by atoms with van der Waals surface area (Å²) in [5, 5.41) is 15.5. The molecule has 4 N–H and O–H groups in total. The predicted molar refractivity (Wildman–Crippen MR) is 174 cm³/mol. The van der Waals surface area contributed by atoms with Crippen LogP contribution in [0.25, 0.3) is 11.1 Å². The van der Waals surface area contributed by atoms with Crippen LogP contribution in [0.5, 0.6) is 5.95 Å². The molecule has 1 saturated heterocycles. The highest BCUT2D eigenvalue weighted by Crippen LogP contribution is 2.31. The van der Waals surface area contributed by atoms with Crippen molar-refractivity contribution in [2.45, 2.75) is 19.4 Å². The third-order valence-corrected chi connectivity index (χ3v) is 8.09. The van der Waals surface area contributed by atoms with Gasteiger partial charge in [0.1, 0.15) is 11.2 Å². The average Bonchev–Trinajstić information content (AvgIpc) is 3.74. The van der Waals surface area contributed by atoms with Gasteiger partial charge in [0, 0.05) is 51.2 Å². The van der Waals surface area contributed by atoms with E-state index in [2.05, 4.69) is 43.0 Å². The Kier molecular flexibility index (Phi) is 8.24. The fraction of sp³-hybridized carbons (Fsp3) is 0.273. The minimum Gasteiger partial charge on any atom is -0.419 e. The van der Waals surface area contributed by atoms with Gasteiger partial charge >= 0.3 is 6.09 Å². The minimum absolute atomic E-state index is 0.0763. The molecule has 4 heterocycles. The first-order valence-corrected chi connectivity index (χ1v) is 14.9. The molecular formula is C33H36N8O5. The molecule has 238 valence electrons. The maximum Gasteiger partial charge on any atom is 0.415 e. The second-order valence-electron chi connectivity index (χ2n) is 11.8. The largest absolute Gasteiger partial charge is 0.419 e. The number of amides is 3. The van der Waals surface area contributed by atoms with E-state index < -0.39 is 17.5 Å². The van der Waals surface area contributed by atoms with Gasteiger partial charge in [-0.3, -0.25) is 14.7 Å². The highest BCUT2D eigenvalue weighted by atomic mass is 16.6. The number of rotatable bonds is 8. The van der Waals surface area contributed by atoms with Gasteiger partial charge in [0.15, 0.2) is 5.82 Å². The molecule has 46 heavy (non-hydrogen) atoms. The molecule has 1 aliphatic heterocycles. The van der Waals surface area contributed by atoms with Gasteiger partial charge in [-0.2, -0.15) is 5.10 Å². The number of aromatic amines is 1. The van der Waals surface area contributed by atoms with Gasteiger partial charge in [-0.15, -0.1) is 0 Å². The number of benzene rings is 2. The number of carbonyl (C=O) groups is 3. The van der Waals surface area contributed by atoms with Crippen LogP contribution in [0.2, 0.25) is 0 Å². The molecule has 3 amide bonds. The Bertz CT molecular complexity index is 1880. The lowest BCUT2D eigenvalue weighted by atomic mass is 9.95. The Morgan fingerprint density at radius 2 is 1.67 bits per heavy atom. The summed E-state index contributed by atoms with van der Waals surface area (Å²) in [6.07, 6.45) is 1.07. The lowest BCUT2D eigenvalue weighted by Gasteiger charge is -2.34. The normalized spacial score (nSPS) is 13.9. The lowest BCUT2D eigenvalue weighted by Crippen LogP contribution is -2.44. The number of hydrogen-bond acceptors (Lipinski definition) is 8. The van der Waals surface area contributed by atoms with Crippen molar-refractivity contribution in [3.8, 4) is 5.95 Å². The molecule has 0 atom stereocenters. The predicted octanol–water partition coefficient (Wildman–Crippen LogP) is 4.77. The number of nitrogens with one attached hydrogen (secondary N) is 4. The fourth-order valence-electron chi connectivity index (χ4n) is 5.38. The first-order chi connectivity index (χ1) is 22.1. The number of fused-ring (bicyclic) bond motifs is 1. The van der Waals surface area contributed by atoms with Crippen molar-refractivity contribution in [2.24, 2.45) is 7.05 Å². The quantitative estimate of drug-likeness (QED) is 0.193. The molecule has 5 aromatic rings. The third-order valence-electron chi connectivity index (χ3n) is 8.09. The molecule has 0 aliphatic carbocycles. The Balaban J connectivity index is 1.20. The van der Waals surface area contributed by atoms with Crippen molar-refractivity contribution >= 4 is 46.2 Å². The van der Waals surface area contributed by atoms with E-state index in [1.165, 1.54) is 6.07 Å². The number of carbonyl (C=O) groups excluding carboxylic acids is 3. The van der Waals surface area contributed by atoms with Crippen LogP contribution in [0.15, 0.2) is 77.3 Å². The van der Waals surface area contributed by atoms with E-state index in [-0.39, 0.29) is 28.8 Å². The summed E-state index contributed by atoms with van der Waals surface area (Å²) in [4.78, 5) is 44.0. The van der Waals surface area contributed by atoms with Gasteiger partial charge in [0.05, 0.1) is 16.8 Å². The van der Waals surface area contributed by atoms with Crippen molar-refractivity contribution in [1.29, 1.82) is 0 Å². The number of furan rings is 1. The zero-order valence-corrected chi connectivity index (χ0v) is 26.1. The van der Waals surface area contributed by atoms with Gasteiger partial charge in [0.25, 0.3) is 17.8 Å². The first-order valence-electron chi connectivity index (χ1n) is 14.9. The molecule has 0 unspecified atom stereocenters. The molecule has 1 fully saturated rings. The van der Waals surface area contributed by atoms with Crippen LogP contribution in [0.3, 0.4) is 0 Å². The van der Waals surface area contributed by atoms with Gasteiger partial charge in [-0.25, -0.2) is 4.79 Å². The van der Waals surface area contributed by atoms with Crippen LogP contribution in [0.4, 0.5) is 22.0 Å². The fourth-order valence-corrected chi connectivity index (χ4v) is 5.38. The third kappa shape index (κ3) is 6.44. The van der Waals surface area contributed by atoms with Crippen molar-refractivity contribution in [3.63, 3.8) is 0 Å².